The number of nitrogens with zero attached hydrogens (tertiary/aromatic N) is 3. The molecule has 1 amide bonds. The summed E-state index contributed by atoms with van der Waals surface area (Å²) in [6, 6.07) is 10.6. The van der Waals surface area contributed by atoms with Crippen LogP contribution < -0.4 is 10.1 Å². The fraction of sp³-hybridized carbons (Fsp3) is 0.0625. The molecule has 0 saturated heterocycles. The van der Waals surface area contributed by atoms with Crippen LogP contribution in [0, 0.1) is 10.1 Å². The van der Waals surface area contributed by atoms with Gasteiger partial charge in [0.15, 0.2) is 5.69 Å². The lowest BCUT2D eigenvalue weighted by atomic mass is 10.1. The van der Waals surface area contributed by atoms with E-state index < -0.39 is 10.8 Å². The number of carbonyl (C=O) groups is 1. The molecule has 0 saturated carbocycles. The lowest BCUT2D eigenvalue weighted by Crippen LogP contribution is -2.13. The van der Waals surface area contributed by atoms with Crippen molar-refractivity contribution in [3.8, 4) is 17.0 Å². The summed E-state index contributed by atoms with van der Waals surface area (Å²) >= 11 is 5.75. The second-order valence-corrected chi connectivity index (χ2v) is 5.47. The van der Waals surface area contributed by atoms with Gasteiger partial charge in [0.1, 0.15) is 10.8 Å². The van der Waals surface area contributed by atoms with Gasteiger partial charge >= 0.3 is 0 Å². The van der Waals surface area contributed by atoms with Gasteiger partial charge in [-0.25, -0.2) is 4.63 Å². The number of hydrogen-bond donors (Lipinski definition) is 1. The molecule has 0 aliphatic heterocycles. The van der Waals surface area contributed by atoms with E-state index in [1.807, 2.05) is 0 Å². The van der Waals surface area contributed by atoms with Crippen LogP contribution in [0.1, 0.15) is 10.4 Å². The molecule has 0 fully saturated rings. The summed E-state index contributed by atoms with van der Waals surface area (Å²) in [6.45, 7) is 0. The van der Waals surface area contributed by atoms with E-state index in [1.165, 1.54) is 12.1 Å². The van der Waals surface area contributed by atoms with Gasteiger partial charge in [-0.1, -0.05) is 11.6 Å². The molecule has 10 heteroatoms. The fourth-order valence-electron chi connectivity index (χ4n) is 2.18. The number of aromatic nitrogens is 2. The number of methoxy groups -OCH3 is 1. The maximum atomic E-state index is 12.4. The molecule has 2 aromatic carbocycles. The predicted octanol–water partition coefficient (Wildman–Crippen LogP) is 3.56. The van der Waals surface area contributed by atoms with Crippen molar-refractivity contribution in [1.29, 1.82) is 0 Å². The van der Waals surface area contributed by atoms with Crippen LogP contribution >= 0.6 is 11.6 Å². The lowest BCUT2D eigenvalue weighted by molar-refractivity contribution is -0.384. The second-order valence-electron chi connectivity index (χ2n) is 5.07. The third-order valence-corrected chi connectivity index (χ3v) is 3.81. The molecular formula is C16H11ClN4O5. The Balaban J connectivity index is 1.86. The Morgan fingerprint density at radius 3 is 2.62 bits per heavy atom. The molecule has 0 spiro atoms. The average molecular weight is 375 g/mol. The van der Waals surface area contributed by atoms with E-state index >= 15 is 0 Å². The summed E-state index contributed by atoms with van der Waals surface area (Å²) in [5, 5.41) is 20.8. The molecule has 0 atom stereocenters. The number of anilines is 1. The van der Waals surface area contributed by atoms with Gasteiger partial charge in [-0.15, -0.1) is 0 Å². The lowest BCUT2D eigenvalue weighted by Gasteiger charge is -2.05. The quantitative estimate of drug-likeness (QED) is 0.535. The Bertz CT molecular complexity index is 971. The fourth-order valence-corrected chi connectivity index (χ4v) is 2.37. The zero-order valence-electron chi connectivity index (χ0n) is 13.3. The van der Waals surface area contributed by atoms with E-state index in [0.29, 0.717) is 17.0 Å². The molecule has 1 heterocycles. The summed E-state index contributed by atoms with van der Waals surface area (Å²) in [5.41, 5.74) is 0.631. The number of halogens is 1. The van der Waals surface area contributed by atoms with Crippen molar-refractivity contribution in [1.82, 2.24) is 10.3 Å². The SMILES string of the molecule is COc1ccc(-c2nonc2NC(=O)c2ccc(Cl)c([N+](=O)[O-])c2)cc1. The first kappa shape index (κ1) is 17.4. The number of benzene rings is 2. The summed E-state index contributed by atoms with van der Waals surface area (Å²) in [7, 11) is 1.55. The van der Waals surface area contributed by atoms with Crippen LogP contribution in [0.2, 0.25) is 5.02 Å². The maximum absolute atomic E-state index is 12.4. The highest BCUT2D eigenvalue weighted by Gasteiger charge is 2.19. The van der Waals surface area contributed by atoms with Gasteiger partial charge in [-0.3, -0.25) is 14.9 Å². The van der Waals surface area contributed by atoms with E-state index in [-0.39, 0.29) is 22.1 Å². The van der Waals surface area contributed by atoms with Crippen molar-refractivity contribution in [2.24, 2.45) is 0 Å². The Kier molecular flexibility index (Phi) is 4.81. The Morgan fingerprint density at radius 2 is 1.96 bits per heavy atom. The molecule has 0 bridgehead atoms. The molecule has 132 valence electrons. The number of ether oxygens (including phenoxy) is 1. The first-order chi connectivity index (χ1) is 12.5. The molecule has 0 aliphatic carbocycles. The van der Waals surface area contributed by atoms with Crippen LogP contribution in [-0.2, 0) is 0 Å². The van der Waals surface area contributed by atoms with Gasteiger partial charge < -0.3 is 10.1 Å². The summed E-state index contributed by atoms with van der Waals surface area (Å²) in [6.07, 6.45) is 0. The molecule has 0 unspecified atom stereocenters. The van der Waals surface area contributed by atoms with Gasteiger partial charge in [0.05, 0.1) is 12.0 Å². The minimum Gasteiger partial charge on any atom is -0.497 e. The predicted molar refractivity (Wildman–Crippen MR) is 92.3 cm³/mol. The van der Waals surface area contributed by atoms with Gasteiger partial charge in [-0.05, 0) is 46.7 Å². The van der Waals surface area contributed by atoms with Gasteiger partial charge in [0, 0.05) is 17.2 Å². The smallest absolute Gasteiger partial charge is 0.288 e. The van der Waals surface area contributed by atoms with E-state index in [0.717, 1.165) is 6.07 Å². The number of hydrogen-bond acceptors (Lipinski definition) is 7. The zero-order valence-corrected chi connectivity index (χ0v) is 14.1. The van der Waals surface area contributed by atoms with E-state index in [2.05, 4.69) is 15.6 Å². The molecule has 0 radical (unpaired) electrons. The normalized spacial score (nSPS) is 10.4. The molecule has 9 nitrogen and oxygen atoms in total. The number of amides is 1. The van der Waals surface area contributed by atoms with Crippen molar-refractivity contribution < 1.29 is 19.1 Å². The van der Waals surface area contributed by atoms with Crippen molar-refractivity contribution >= 4 is 29.0 Å². The summed E-state index contributed by atoms with van der Waals surface area (Å²) in [5.74, 6) is 0.122. The van der Waals surface area contributed by atoms with Crippen molar-refractivity contribution in [2.75, 3.05) is 12.4 Å². The molecule has 3 aromatic rings. The van der Waals surface area contributed by atoms with E-state index in [4.69, 9.17) is 21.0 Å². The van der Waals surface area contributed by atoms with Crippen LogP contribution in [0.15, 0.2) is 47.1 Å². The van der Waals surface area contributed by atoms with Gasteiger partial charge in [0.2, 0.25) is 5.82 Å². The Labute approximate surface area is 151 Å². The highest BCUT2D eigenvalue weighted by molar-refractivity contribution is 6.32. The van der Waals surface area contributed by atoms with Crippen LogP contribution in [-0.4, -0.2) is 28.3 Å². The number of rotatable bonds is 5. The third kappa shape index (κ3) is 3.47. The van der Waals surface area contributed by atoms with Gasteiger partial charge in [0.25, 0.3) is 11.6 Å². The van der Waals surface area contributed by atoms with Crippen molar-refractivity contribution in [3.63, 3.8) is 0 Å². The first-order valence-electron chi connectivity index (χ1n) is 7.22. The maximum Gasteiger partial charge on any atom is 0.288 e. The van der Waals surface area contributed by atoms with Crippen LogP contribution in [0.25, 0.3) is 11.3 Å². The average Bonchev–Trinajstić information content (AvgIpc) is 3.10. The summed E-state index contributed by atoms with van der Waals surface area (Å²) in [4.78, 5) is 22.7. The standard InChI is InChI=1S/C16H11ClN4O5/c1-25-11-5-2-9(3-6-11)14-15(20-26-19-14)18-16(22)10-4-7-12(17)13(8-10)21(23)24/h2-8H,1H3,(H,18,20,22). The summed E-state index contributed by atoms with van der Waals surface area (Å²) < 4.78 is 9.78. The van der Waals surface area contributed by atoms with Crippen LogP contribution in [0.3, 0.4) is 0 Å². The minimum absolute atomic E-state index is 0.0461. The minimum atomic E-state index is -0.667. The Morgan fingerprint density at radius 1 is 1.23 bits per heavy atom. The molecule has 0 aliphatic rings. The molecular weight excluding hydrogens is 364 g/mol. The Hall–Kier alpha value is -3.46. The molecule has 1 aromatic heterocycles. The third-order valence-electron chi connectivity index (χ3n) is 3.49. The molecule has 3 rings (SSSR count). The molecule has 26 heavy (non-hydrogen) atoms. The van der Waals surface area contributed by atoms with Crippen LogP contribution in [0.4, 0.5) is 11.5 Å². The topological polar surface area (TPSA) is 120 Å². The molecule has 1 N–H and O–H groups in total. The number of carbonyl (C=O) groups excluding carboxylic acids is 1. The van der Waals surface area contributed by atoms with Crippen molar-refractivity contribution in [2.45, 2.75) is 0 Å². The number of nitro groups is 1. The largest absolute Gasteiger partial charge is 0.497 e. The van der Waals surface area contributed by atoms with Gasteiger partial charge in [-0.2, -0.15) is 0 Å². The van der Waals surface area contributed by atoms with E-state index in [1.54, 1.807) is 31.4 Å². The highest BCUT2D eigenvalue weighted by atomic mass is 35.5. The number of nitrogens with one attached hydrogen (secondary N) is 1. The van der Waals surface area contributed by atoms with E-state index in [9.17, 15) is 14.9 Å². The highest BCUT2D eigenvalue weighted by Crippen LogP contribution is 2.28. The first-order valence-corrected chi connectivity index (χ1v) is 7.59. The number of nitro benzene ring substituents is 1. The second kappa shape index (κ2) is 7.19. The monoisotopic (exact) mass is 374 g/mol. The zero-order chi connectivity index (χ0) is 18.7. The van der Waals surface area contributed by atoms with Crippen molar-refractivity contribution in [3.05, 3.63) is 63.2 Å². The van der Waals surface area contributed by atoms with Crippen LogP contribution in [0.5, 0.6) is 5.75 Å².